The lowest BCUT2D eigenvalue weighted by molar-refractivity contribution is -0.117. The van der Waals surface area contributed by atoms with Crippen molar-refractivity contribution in [2.75, 3.05) is 11.9 Å². The maximum Gasteiger partial charge on any atom is 0.294 e. The van der Waals surface area contributed by atoms with E-state index >= 15 is 0 Å². The van der Waals surface area contributed by atoms with Crippen molar-refractivity contribution in [1.29, 1.82) is 0 Å². The van der Waals surface area contributed by atoms with Gasteiger partial charge in [0.05, 0.1) is 16.7 Å². The number of aliphatic hydroxyl groups excluding tert-OH is 1. The van der Waals surface area contributed by atoms with Crippen LogP contribution >= 0.6 is 11.6 Å². The highest BCUT2D eigenvalue weighted by Crippen LogP contribution is 2.29. The Morgan fingerprint density at radius 2 is 1.97 bits per heavy atom. The van der Waals surface area contributed by atoms with Gasteiger partial charge in [-0.1, -0.05) is 18.0 Å². The molecule has 3 rings (SSSR count). The van der Waals surface area contributed by atoms with Gasteiger partial charge in [-0.15, -0.1) is 0 Å². The summed E-state index contributed by atoms with van der Waals surface area (Å²) in [6.07, 6.45) is 1.86. The molecule has 1 heterocycles. The van der Waals surface area contributed by atoms with Gasteiger partial charge in [0.15, 0.2) is 0 Å². The minimum atomic E-state index is -0.861. The van der Waals surface area contributed by atoms with Crippen LogP contribution in [0.5, 0.6) is 0 Å². The number of amides is 2. The van der Waals surface area contributed by atoms with Gasteiger partial charge in [-0.05, 0) is 50.5 Å². The van der Waals surface area contributed by atoms with E-state index in [1.165, 1.54) is 22.8 Å². The molecule has 0 spiro atoms. The summed E-state index contributed by atoms with van der Waals surface area (Å²) < 4.78 is 14.9. The molecule has 7 nitrogen and oxygen atoms in total. The third-order valence-corrected chi connectivity index (χ3v) is 6.20. The molecule has 2 aromatic rings. The number of hydrogen-bond acceptors (Lipinski definition) is 4. The number of halogens is 2. The first kappa shape index (κ1) is 23.0. The second-order valence-corrected chi connectivity index (χ2v) is 8.28. The van der Waals surface area contributed by atoms with Crippen LogP contribution in [-0.2, 0) is 11.8 Å². The first-order chi connectivity index (χ1) is 14.6. The van der Waals surface area contributed by atoms with Gasteiger partial charge in [0.25, 0.3) is 17.6 Å². The van der Waals surface area contributed by atoms with Crippen molar-refractivity contribution in [1.82, 2.24) is 9.88 Å². The molecule has 31 heavy (non-hydrogen) atoms. The van der Waals surface area contributed by atoms with Gasteiger partial charge in [-0.3, -0.25) is 14.4 Å². The molecule has 0 saturated heterocycles. The molecule has 0 radical (unpaired) electrons. The number of rotatable bonds is 6. The van der Waals surface area contributed by atoms with E-state index in [0.29, 0.717) is 23.4 Å². The van der Waals surface area contributed by atoms with E-state index in [9.17, 15) is 23.9 Å². The Morgan fingerprint density at radius 1 is 1.26 bits per heavy atom. The van der Waals surface area contributed by atoms with Crippen LogP contribution in [0.1, 0.15) is 51.4 Å². The smallest absolute Gasteiger partial charge is 0.294 e. The van der Waals surface area contributed by atoms with Gasteiger partial charge in [-0.25, -0.2) is 4.39 Å². The maximum absolute atomic E-state index is 13.5. The number of aryl methyl sites for hydroxylation is 1. The molecule has 0 bridgehead atoms. The molecule has 1 fully saturated rings. The molecule has 166 valence electrons. The molecule has 1 aliphatic rings. The monoisotopic (exact) mass is 449 g/mol. The summed E-state index contributed by atoms with van der Waals surface area (Å²) in [6.45, 7) is 3.38. The molecule has 1 aliphatic carbocycles. The Labute approximate surface area is 184 Å². The lowest BCUT2D eigenvalue weighted by Crippen LogP contribution is -2.37. The number of carbonyl (C=O) groups excluding carboxylic acids is 3. The summed E-state index contributed by atoms with van der Waals surface area (Å²) >= 11 is 6.36. The third-order valence-electron chi connectivity index (χ3n) is 5.84. The number of nitrogens with one attached hydrogen (secondary N) is 2. The van der Waals surface area contributed by atoms with Gasteiger partial charge >= 0.3 is 0 Å². The van der Waals surface area contributed by atoms with Crippen molar-refractivity contribution in [2.24, 2.45) is 13.0 Å². The van der Waals surface area contributed by atoms with Crippen LogP contribution in [0.4, 0.5) is 10.1 Å². The lowest BCUT2D eigenvalue weighted by atomic mass is 10.1. The van der Waals surface area contributed by atoms with E-state index in [-0.39, 0.29) is 28.7 Å². The van der Waals surface area contributed by atoms with E-state index < -0.39 is 29.5 Å². The molecular weight excluding hydrogens is 425 g/mol. The van der Waals surface area contributed by atoms with Crippen LogP contribution in [0.15, 0.2) is 18.2 Å². The van der Waals surface area contributed by atoms with Gasteiger partial charge in [0, 0.05) is 30.9 Å². The number of aromatic nitrogens is 1. The molecule has 1 aromatic heterocycles. The molecule has 1 unspecified atom stereocenters. The van der Waals surface area contributed by atoms with E-state index in [4.69, 9.17) is 11.6 Å². The molecule has 2 atom stereocenters. The third kappa shape index (κ3) is 4.65. The van der Waals surface area contributed by atoms with Crippen molar-refractivity contribution in [2.45, 2.75) is 39.2 Å². The molecule has 1 aromatic carbocycles. The molecule has 1 saturated carbocycles. The van der Waals surface area contributed by atoms with Gasteiger partial charge < -0.3 is 20.3 Å². The SMILES string of the molecule is Cc1cc(NC(=O)c2c(Cl)c(C(=O)C(=O)NCC3CCC[C@@H]3O)n(C)c2C)ccc1F. The van der Waals surface area contributed by atoms with Crippen LogP contribution in [0.3, 0.4) is 0 Å². The van der Waals surface area contributed by atoms with Gasteiger partial charge in [-0.2, -0.15) is 0 Å². The fraction of sp³-hybridized carbons (Fsp3) is 0.409. The first-order valence-corrected chi connectivity index (χ1v) is 10.4. The number of aliphatic hydroxyl groups is 1. The van der Waals surface area contributed by atoms with Gasteiger partial charge in [0.2, 0.25) is 0 Å². The summed E-state index contributed by atoms with van der Waals surface area (Å²) in [7, 11) is 1.54. The molecule has 3 N–H and O–H groups in total. The number of Topliss-reactive ketones (excluding diaryl/α,β-unsaturated/α-hetero) is 1. The van der Waals surface area contributed by atoms with Crippen LogP contribution in [-0.4, -0.2) is 39.9 Å². The fourth-order valence-corrected chi connectivity index (χ4v) is 4.29. The van der Waals surface area contributed by atoms with Crippen LogP contribution in [0.25, 0.3) is 0 Å². The van der Waals surface area contributed by atoms with E-state index in [0.717, 1.165) is 12.8 Å². The number of benzene rings is 1. The minimum Gasteiger partial charge on any atom is -0.393 e. The molecular formula is C22H25ClFN3O4. The summed E-state index contributed by atoms with van der Waals surface area (Å²) in [4.78, 5) is 38.0. The van der Waals surface area contributed by atoms with Crippen molar-refractivity contribution < 1.29 is 23.9 Å². The number of nitrogens with zero attached hydrogens (tertiary/aromatic N) is 1. The fourth-order valence-electron chi connectivity index (χ4n) is 3.86. The summed E-state index contributed by atoms with van der Waals surface area (Å²) in [5.74, 6) is -2.75. The Morgan fingerprint density at radius 3 is 2.58 bits per heavy atom. The number of anilines is 1. The van der Waals surface area contributed by atoms with E-state index in [1.807, 2.05) is 0 Å². The number of hydrogen-bond donors (Lipinski definition) is 3. The van der Waals surface area contributed by atoms with Crippen LogP contribution < -0.4 is 10.6 Å². The zero-order chi connectivity index (χ0) is 22.9. The summed E-state index contributed by atoms with van der Waals surface area (Å²) in [5.41, 5.74) is 1.12. The molecule has 9 heteroatoms. The van der Waals surface area contributed by atoms with Gasteiger partial charge in [0.1, 0.15) is 11.5 Å². The predicted octanol–water partition coefficient (Wildman–Crippen LogP) is 3.15. The van der Waals surface area contributed by atoms with Crippen molar-refractivity contribution in [3.05, 3.63) is 51.6 Å². The molecule has 2 amide bonds. The van der Waals surface area contributed by atoms with E-state index in [2.05, 4.69) is 10.6 Å². The average Bonchev–Trinajstić information content (AvgIpc) is 3.22. The van der Waals surface area contributed by atoms with Crippen molar-refractivity contribution in [3.8, 4) is 0 Å². The second kappa shape index (κ2) is 9.20. The number of ketones is 1. The van der Waals surface area contributed by atoms with Crippen molar-refractivity contribution >= 4 is 34.9 Å². The quantitative estimate of drug-likeness (QED) is 0.466. The zero-order valence-corrected chi connectivity index (χ0v) is 18.3. The topological polar surface area (TPSA) is 100 Å². The lowest BCUT2D eigenvalue weighted by Gasteiger charge is -2.14. The van der Waals surface area contributed by atoms with E-state index in [1.54, 1.807) is 20.9 Å². The highest BCUT2D eigenvalue weighted by molar-refractivity contribution is 6.48. The van der Waals surface area contributed by atoms with Crippen LogP contribution in [0.2, 0.25) is 5.02 Å². The Kier molecular flexibility index (Phi) is 6.81. The normalized spacial score (nSPS) is 18.1. The van der Waals surface area contributed by atoms with Crippen molar-refractivity contribution in [3.63, 3.8) is 0 Å². The summed E-state index contributed by atoms with van der Waals surface area (Å²) in [6, 6.07) is 4.14. The summed E-state index contributed by atoms with van der Waals surface area (Å²) in [5, 5.41) is 14.9. The van der Waals surface area contributed by atoms with Crippen LogP contribution in [0, 0.1) is 25.6 Å². The zero-order valence-electron chi connectivity index (χ0n) is 17.6. The minimum absolute atomic E-state index is 0.0634. The standard InChI is InChI=1S/C22H25ClFN3O4/c1-11-9-14(7-8-15(11)24)26-21(30)17-12(2)27(3)19(18(17)23)20(29)22(31)25-10-13-5-4-6-16(13)28/h7-9,13,16,28H,4-6,10H2,1-3H3,(H,25,31)(H,26,30)/t13?,16-/m0/s1. The largest absolute Gasteiger partial charge is 0.393 e. The predicted molar refractivity (Wildman–Crippen MR) is 115 cm³/mol. The Hall–Kier alpha value is -2.71. The molecule has 0 aliphatic heterocycles. The highest BCUT2D eigenvalue weighted by atomic mass is 35.5. The Balaban J connectivity index is 1.78. The maximum atomic E-state index is 13.5. The highest BCUT2D eigenvalue weighted by Gasteiger charge is 2.31. The number of carbonyl (C=O) groups is 3. The second-order valence-electron chi connectivity index (χ2n) is 7.90. The Bertz CT molecular complexity index is 1050. The first-order valence-electron chi connectivity index (χ1n) is 10.0. The average molecular weight is 450 g/mol.